The van der Waals surface area contributed by atoms with Crippen molar-refractivity contribution < 1.29 is 0 Å². The van der Waals surface area contributed by atoms with Crippen LogP contribution >= 0.6 is 0 Å². The molecule has 1 heteroatoms. The summed E-state index contributed by atoms with van der Waals surface area (Å²) in [5.74, 6) is 0. The fraction of sp³-hybridized carbons (Fsp3) is 1.00. The Hall–Kier alpha value is 0.790. The molecule has 0 saturated heterocycles. The molecule has 0 aliphatic heterocycles. The first-order chi connectivity index (χ1) is 2.27. The predicted octanol–water partition coefficient (Wildman–Crippen LogP) is 1.76. The molecule has 0 N–H and O–H groups in total. The minimum atomic E-state index is -0.381. The van der Waals surface area contributed by atoms with Crippen LogP contribution in [0.3, 0.4) is 0 Å². The maximum absolute atomic E-state index is 2.39. The predicted molar refractivity (Wildman–Crippen MR) is 28.0 cm³/mol. The molecular formula is C4H11Te+. The Morgan fingerprint density at radius 3 is 1.60 bits per heavy atom. The van der Waals surface area contributed by atoms with Crippen molar-refractivity contribution in [1.29, 1.82) is 0 Å². The zero-order chi connectivity index (χ0) is 4.28. The molecule has 32 valence electrons. The van der Waals surface area contributed by atoms with Crippen LogP contribution in [0, 0.1) is 0 Å². The molecule has 0 radical (unpaired) electrons. The Morgan fingerprint density at radius 2 is 1.60 bits per heavy atom. The van der Waals surface area contributed by atoms with Crippen LogP contribution in [0.2, 0.25) is 14.4 Å². The van der Waals surface area contributed by atoms with Crippen LogP contribution in [0.15, 0.2) is 0 Å². The van der Waals surface area contributed by atoms with Crippen molar-refractivity contribution >= 4 is 19.6 Å². The van der Waals surface area contributed by atoms with Crippen LogP contribution in [0.4, 0.5) is 0 Å². The molecule has 0 rings (SSSR count). The van der Waals surface area contributed by atoms with E-state index in [9.17, 15) is 0 Å². The molecular weight excluding hydrogens is 176 g/mol. The topological polar surface area (TPSA) is 0 Å². The Balaban J connectivity index is 2.54. The second-order valence-electron chi connectivity index (χ2n) is 1.27. The molecule has 0 nitrogen and oxygen atoms in total. The maximum atomic E-state index is 2.39. The van der Waals surface area contributed by atoms with E-state index in [-0.39, 0.29) is 19.6 Å². The Kier molecular flexibility index (Phi) is 3.47. The molecule has 0 aromatic rings. The second-order valence-corrected chi connectivity index (χ2v) is 8.55. The van der Waals surface area contributed by atoms with E-state index in [4.69, 9.17) is 0 Å². The number of rotatable bonds is 1. The third-order valence-electron chi connectivity index (χ3n) is 0.577. The van der Waals surface area contributed by atoms with Gasteiger partial charge in [0.2, 0.25) is 0 Å². The summed E-state index contributed by atoms with van der Waals surface area (Å²) in [5.41, 5.74) is 0. The number of hydrogen-bond donors (Lipinski definition) is 0. The zero-order valence-corrected chi connectivity index (χ0v) is 6.45. The van der Waals surface area contributed by atoms with Crippen molar-refractivity contribution in [2.24, 2.45) is 0 Å². The standard InChI is InChI=1S/C4H11Te/c1-4-5(2)3/h4H2,1-3H3/q+1. The summed E-state index contributed by atoms with van der Waals surface area (Å²) in [6.07, 6.45) is 0. The monoisotopic (exact) mass is 189 g/mol. The van der Waals surface area contributed by atoms with Crippen LogP contribution in [0.1, 0.15) is 6.92 Å². The Morgan fingerprint density at radius 1 is 1.40 bits per heavy atom. The van der Waals surface area contributed by atoms with Gasteiger partial charge >= 0.3 is 40.9 Å². The van der Waals surface area contributed by atoms with Gasteiger partial charge in [0.25, 0.3) is 0 Å². The minimum absolute atomic E-state index is 0.381. The molecule has 0 fully saturated rings. The summed E-state index contributed by atoms with van der Waals surface area (Å²) in [7, 11) is 0. The van der Waals surface area contributed by atoms with Gasteiger partial charge < -0.3 is 0 Å². The van der Waals surface area contributed by atoms with Crippen molar-refractivity contribution in [3.05, 3.63) is 0 Å². The molecule has 0 heterocycles. The summed E-state index contributed by atoms with van der Waals surface area (Å²) in [6, 6.07) is 0. The normalized spacial score (nSPS) is 9.60. The fourth-order valence-corrected chi connectivity index (χ4v) is 0. The molecule has 0 amide bonds. The van der Waals surface area contributed by atoms with Crippen LogP contribution in [0.5, 0.6) is 0 Å². The third kappa shape index (κ3) is 4.79. The summed E-state index contributed by atoms with van der Waals surface area (Å²) in [6.45, 7) is 2.27. The summed E-state index contributed by atoms with van der Waals surface area (Å²) < 4.78 is 1.48. The van der Waals surface area contributed by atoms with Gasteiger partial charge in [-0.2, -0.15) is 0 Å². The van der Waals surface area contributed by atoms with E-state index >= 15 is 0 Å². The van der Waals surface area contributed by atoms with Gasteiger partial charge in [-0.25, -0.2) is 0 Å². The average Bonchev–Trinajstić information content (AvgIpc) is 1.38. The van der Waals surface area contributed by atoms with Gasteiger partial charge in [-0.1, -0.05) is 0 Å². The first kappa shape index (κ1) is 5.79. The van der Waals surface area contributed by atoms with Crippen molar-refractivity contribution in [3.8, 4) is 0 Å². The second kappa shape index (κ2) is 3.00. The van der Waals surface area contributed by atoms with Gasteiger partial charge in [0, 0.05) is 0 Å². The van der Waals surface area contributed by atoms with Crippen molar-refractivity contribution in [2.75, 3.05) is 0 Å². The van der Waals surface area contributed by atoms with Crippen molar-refractivity contribution in [1.82, 2.24) is 0 Å². The van der Waals surface area contributed by atoms with Gasteiger partial charge in [0.1, 0.15) is 0 Å². The Bertz CT molecular complexity index is 17.6. The van der Waals surface area contributed by atoms with Crippen molar-refractivity contribution in [2.45, 2.75) is 21.3 Å². The van der Waals surface area contributed by atoms with E-state index in [0.29, 0.717) is 0 Å². The molecule has 0 aromatic heterocycles. The van der Waals surface area contributed by atoms with Crippen LogP contribution in [-0.4, -0.2) is 19.6 Å². The summed E-state index contributed by atoms with van der Waals surface area (Å²) in [4.78, 5) is 4.78. The van der Waals surface area contributed by atoms with Crippen molar-refractivity contribution in [3.63, 3.8) is 0 Å². The van der Waals surface area contributed by atoms with Gasteiger partial charge in [0.15, 0.2) is 0 Å². The van der Waals surface area contributed by atoms with Gasteiger partial charge in [-0.3, -0.25) is 0 Å². The average molecular weight is 187 g/mol. The molecule has 0 aliphatic carbocycles. The fourth-order valence-electron chi connectivity index (χ4n) is 0. The number of hydrogen-bond acceptors (Lipinski definition) is 0. The first-order valence-corrected chi connectivity index (χ1v) is 8.12. The van der Waals surface area contributed by atoms with Gasteiger partial charge in [-0.05, 0) is 0 Å². The van der Waals surface area contributed by atoms with E-state index in [2.05, 4.69) is 16.9 Å². The molecule has 5 heavy (non-hydrogen) atoms. The zero-order valence-electron chi connectivity index (χ0n) is 4.12. The SMILES string of the molecule is CC[Te+](C)C. The van der Waals surface area contributed by atoms with E-state index < -0.39 is 0 Å². The molecule has 0 aliphatic rings. The first-order valence-electron chi connectivity index (χ1n) is 1.81. The van der Waals surface area contributed by atoms with E-state index in [1.165, 1.54) is 4.47 Å². The van der Waals surface area contributed by atoms with E-state index in [0.717, 1.165) is 0 Å². The van der Waals surface area contributed by atoms with E-state index in [1.807, 2.05) is 0 Å². The summed E-state index contributed by atoms with van der Waals surface area (Å²) >= 11 is -0.381. The molecule has 0 spiro atoms. The van der Waals surface area contributed by atoms with Gasteiger partial charge in [-0.15, -0.1) is 0 Å². The molecule has 0 aromatic carbocycles. The van der Waals surface area contributed by atoms with Gasteiger partial charge in [0.05, 0.1) is 0 Å². The van der Waals surface area contributed by atoms with Crippen LogP contribution in [0.25, 0.3) is 0 Å². The molecule has 0 unspecified atom stereocenters. The third-order valence-corrected chi connectivity index (χ3v) is 3.87. The molecule has 0 saturated carbocycles. The van der Waals surface area contributed by atoms with Crippen LogP contribution < -0.4 is 0 Å². The molecule has 0 atom stereocenters. The molecule has 0 bridgehead atoms. The van der Waals surface area contributed by atoms with E-state index in [1.54, 1.807) is 0 Å². The van der Waals surface area contributed by atoms with Crippen LogP contribution in [-0.2, 0) is 0 Å². The summed E-state index contributed by atoms with van der Waals surface area (Å²) in [5, 5.41) is 0. The quantitative estimate of drug-likeness (QED) is 0.548. The Labute approximate surface area is 41.2 Å².